The molecule has 3 rings (SSSR count). The molecule has 1 aliphatic heterocycles. The van der Waals surface area contributed by atoms with Crippen LogP contribution in [0.15, 0.2) is 28.9 Å². The lowest BCUT2D eigenvalue weighted by molar-refractivity contribution is -0.121. The largest absolute Gasteiger partial charge is 0.354 e. The number of aryl methyl sites for hydroxylation is 1. The third-order valence-corrected chi connectivity index (χ3v) is 4.86. The number of amides is 1. The van der Waals surface area contributed by atoms with Gasteiger partial charge in [-0.3, -0.25) is 14.7 Å². The molecule has 2 aromatic rings. The number of hydrogen-bond acceptors (Lipinski definition) is 6. The van der Waals surface area contributed by atoms with Gasteiger partial charge in [0, 0.05) is 31.1 Å². The van der Waals surface area contributed by atoms with Crippen molar-refractivity contribution in [1.29, 1.82) is 0 Å². The molecule has 0 radical (unpaired) electrons. The summed E-state index contributed by atoms with van der Waals surface area (Å²) < 4.78 is 5.22. The van der Waals surface area contributed by atoms with E-state index in [0.29, 0.717) is 36.8 Å². The number of nitrogens with one attached hydrogen (secondary N) is 1. The molecule has 1 fully saturated rings. The predicted octanol–water partition coefficient (Wildman–Crippen LogP) is 2.44. The van der Waals surface area contributed by atoms with Gasteiger partial charge < -0.3 is 9.84 Å². The second-order valence-corrected chi connectivity index (χ2v) is 7.36. The smallest absolute Gasteiger partial charge is 0.227 e. The summed E-state index contributed by atoms with van der Waals surface area (Å²) in [7, 11) is 0. The van der Waals surface area contributed by atoms with Crippen molar-refractivity contribution in [3.63, 3.8) is 0 Å². The fraction of sp³-hybridized carbons (Fsp3) is 0.579. The number of carbonyl (C=O) groups is 1. The van der Waals surface area contributed by atoms with E-state index >= 15 is 0 Å². The minimum Gasteiger partial charge on any atom is -0.354 e. The van der Waals surface area contributed by atoms with Gasteiger partial charge in [-0.25, -0.2) is 0 Å². The van der Waals surface area contributed by atoms with Crippen LogP contribution in [0.1, 0.15) is 45.4 Å². The fourth-order valence-electron chi connectivity index (χ4n) is 3.19. The summed E-state index contributed by atoms with van der Waals surface area (Å²) in [4.78, 5) is 23.2. The fourth-order valence-corrected chi connectivity index (χ4v) is 3.19. The van der Waals surface area contributed by atoms with E-state index in [1.165, 1.54) is 19.3 Å². The molecule has 7 heteroatoms. The third kappa shape index (κ3) is 4.88. The van der Waals surface area contributed by atoms with Crippen LogP contribution in [0.4, 0.5) is 0 Å². The number of hydrogen-bond donors (Lipinski definition) is 1. The first-order valence-corrected chi connectivity index (χ1v) is 9.30. The van der Waals surface area contributed by atoms with E-state index in [9.17, 15) is 4.79 Å². The van der Waals surface area contributed by atoms with Gasteiger partial charge in [-0.1, -0.05) is 17.6 Å². The number of aromatic nitrogens is 3. The second-order valence-electron chi connectivity index (χ2n) is 7.36. The highest BCUT2D eigenvalue weighted by Crippen LogP contribution is 2.20. The van der Waals surface area contributed by atoms with Crippen LogP contribution in [0.2, 0.25) is 0 Å². The molecule has 0 spiro atoms. The number of piperidine rings is 1. The first-order valence-electron chi connectivity index (χ1n) is 9.30. The molecule has 140 valence electrons. The van der Waals surface area contributed by atoms with E-state index < -0.39 is 0 Å². The molecule has 1 amide bonds. The van der Waals surface area contributed by atoms with Crippen LogP contribution in [-0.2, 0) is 11.2 Å². The Hall–Kier alpha value is -2.28. The zero-order valence-corrected chi connectivity index (χ0v) is 15.6. The van der Waals surface area contributed by atoms with Crippen LogP contribution in [0.3, 0.4) is 0 Å². The van der Waals surface area contributed by atoms with E-state index in [1.807, 2.05) is 18.2 Å². The van der Waals surface area contributed by atoms with Crippen molar-refractivity contribution < 1.29 is 9.32 Å². The average molecular weight is 357 g/mol. The monoisotopic (exact) mass is 357 g/mol. The predicted molar refractivity (Wildman–Crippen MR) is 98.4 cm³/mol. The van der Waals surface area contributed by atoms with Gasteiger partial charge >= 0.3 is 0 Å². The maximum atomic E-state index is 12.2. The average Bonchev–Trinajstić information content (AvgIpc) is 3.15. The summed E-state index contributed by atoms with van der Waals surface area (Å²) in [6, 6.07) is 5.53. The van der Waals surface area contributed by atoms with E-state index in [4.69, 9.17) is 4.52 Å². The Balaban J connectivity index is 1.45. The number of nitrogens with zero attached hydrogens (tertiary/aromatic N) is 4. The Kier molecular flexibility index (Phi) is 5.98. The molecule has 3 heterocycles. The maximum Gasteiger partial charge on any atom is 0.227 e. The van der Waals surface area contributed by atoms with E-state index in [2.05, 4.69) is 39.2 Å². The molecule has 0 aliphatic carbocycles. The van der Waals surface area contributed by atoms with Gasteiger partial charge in [-0.15, -0.1) is 0 Å². The lowest BCUT2D eigenvalue weighted by Crippen LogP contribution is -2.53. The minimum absolute atomic E-state index is 0.00710. The Labute approximate surface area is 154 Å². The molecular weight excluding hydrogens is 330 g/mol. The molecule has 1 saturated heterocycles. The Bertz CT molecular complexity index is 708. The van der Waals surface area contributed by atoms with Gasteiger partial charge in [-0.05, 0) is 51.9 Å². The molecule has 7 nitrogen and oxygen atoms in total. The number of pyridine rings is 1. The SMILES string of the molecule is CC(C)(CNC(=O)CCc1nc(-c2ccccn2)no1)N1CCCCC1. The van der Waals surface area contributed by atoms with Gasteiger partial charge in [0.25, 0.3) is 0 Å². The first-order chi connectivity index (χ1) is 12.5. The molecule has 1 N–H and O–H groups in total. The molecule has 0 aromatic carbocycles. The van der Waals surface area contributed by atoms with Crippen molar-refractivity contribution in [3.8, 4) is 11.5 Å². The standard InChI is InChI=1S/C19H27N5O2/c1-19(2,24-12-6-3-7-13-24)14-21-16(25)9-10-17-22-18(23-26-17)15-8-4-5-11-20-15/h4-5,8,11H,3,6-7,9-10,12-14H2,1-2H3,(H,21,25). The lowest BCUT2D eigenvalue weighted by Gasteiger charge is -2.41. The molecular formula is C19H27N5O2. The van der Waals surface area contributed by atoms with Crippen molar-refractivity contribution in [2.75, 3.05) is 19.6 Å². The zero-order valence-electron chi connectivity index (χ0n) is 15.6. The van der Waals surface area contributed by atoms with Crippen LogP contribution < -0.4 is 5.32 Å². The third-order valence-electron chi connectivity index (χ3n) is 4.86. The van der Waals surface area contributed by atoms with Crippen LogP contribution in [-0.4, -0.2) is 51.1 Å². The Morgan fingerprint density at radius 2 is 2.08 bits per heavy atom. The van der Waals surface area contributed by atoms with Crippen LogP contribution in [0.25, 0.3) is 11.5 Å². The van der Waals surface area contributed by atoms with E-state index in [-0.39, 0.29) is 11.4 Å². The van der Waals surface area contributed by atoms with Crippen molar-refractivity contribution in [1.82, 2.24) is 25.3 Å². The molecule has 0 unspecified atom stereocenters. The quantitative estimate of drug-likeness (QED) is 0.819. The Morgan fingerprint density at radius 3 is 2.81 bits per heavy atom. The molecule has 1 aliphatic rings. The molecule has 0 bridgehead atoms. The first kappa shape index (κ1) is 18.5. The molecule has 0 saturated carbocycles. The second kappa shape index (κ2) is 8.40. The summed E-state index contributed by atoms with van der Waals surface area (Å²) >= 11 is 0. The topological polar surface area (TPSA) is 84.2 Å². The van der Waals surface area contributed by atoms with Gasteiger partial charge in [-0.2, -0.15) is 4.98 Å². The van der Waals surface area contributed by atoms with Crippen LogP contribution in [0.5, 0.6) is 0 Å². The summed E-state index contributed by atoms with van der Waals surface area (Å²) in [5.41, 5.74) is 0.641. The minimum atomic E-state index is -0.0211. The lowest BCUT2D eigenvalue weighted by atomic mass is 9.98. The van der Waals surface area contributed by atoms with Crippen molar-refractivity contribution in [2.24, 2.45) is 0 Å². The van der Waals surface area contributed by atoms with Crippen LogP contribution >= 0.6 is 0 Å². The Morgan fingerprint density at radius 1 is 1.27 bits per heavy atom. The highest BCUT2D eigenvalue weighted by atomic mass is 16.5. The normalized spacial score (nSPS) is 15.8. The number of rotatable bonds is 7. The molecule has 26 heavy (non-hydrogen) atoms. The number of likely N-dealkylation sites (tertiary alicyclic amines) is 1. The van der Waals surface area contributed by atoms with Crippen molar-refractivity contribution in [2.45, 2.75) is 51.5 Å². The van der Waals surface area contributed by atoms with Crippen molar-refractivity contribution in [3.05, 3.63) is 30.3 Å². The zero-order chi connectivity index (χ0) is 18.4. The van der Waals surface area contributed by atoms with Crippen molar-refractivity contribution >= 4 is 5.91 Å². The summed E-state index contributed by atoms with van der Waals surface area (Å²) in [6.07, 6.45) is 6.24. The summed E-state index contributed by atoms with van der Waals surface area (Å²) in [5.74, 6) is 0.913. The van der Waals surface area contributed by atoms with E-state index in [0.717, 1.165) is 13.1 Å². The van der Waals surface area contributed by atoms with E-state index in [1.54, 1.807) is 6.20 Å². The van der Waals surface area contributed by atoms with Gasteiger partial charge in [0.2, 0.25) is 17.6 Å². The highest BCUT2D eigenvalue weighted by molar-refractivity contribution is 5.76. The summed E-state index contributed by atoms with van der Waals surface area (Å²) in [5, 5.41) is 6.97. The summed E-state index contributed by atoms with van der Waals surface area (Å²) in [6.45, 7) is 7.25. The van der Waals surface area contributed by atoms with Gasteiger partial charge in [0.05, 0.1) is 0 Å². The molecule has 2 aromatic heterocycles. The van der Waals surface area contributed by atoms with Crippen LogP contribution in [0, 0.1) is 0 Å². The number of carbonyl (C=O) groups excluding carboxylic acids is 1. The maximum absolute atomic E-state index is 12.2. The molecule has 0 atom stereocenters. The highest BCUT2D eigenvalue weighted by Gasteiger charge is 2.28. The van der Waals surface area contributed by atoms with Gasteiger partial charge in [0.15, 0.2) is 0 Å². The van der Waals surface area contributed by atoms with Gasteiger partial charge in [0.1, 0.15) is 5.69 Å².